The minimum absolute atomic E-state index is 0.0155. The fourth-order valence-corrected chi connectivity index (χ4v) is 3.03. The van der Waals surface area contributed by atoms with Gasteiger partial charge in [0.05, 0.1) is 37.4 Å². The Morgan fingerprint density at radius 3 is 1.80 bits per heavy atom. The van der Waals surface area contributed by atoms with Gasteiger partial charge in [-0.25, -0.2) is 9.18 Å². The number of carbonyl (C=O) groups is 3. The number of hydrogen-bond donors (Lipinski definition) is 5. The van der Waals surface area contributed by atoms with Gasteiger partial charge in [-0.3, -0.25) is 9.59 Å². The Hall–Kier alpha value is -5.52. The predicted molar refractivity (Wildman–Crippen MR) is 149 cm³/mol. The zero-order valence-corrected chi connectivity index (χ0v) is 21.9. The fraction of sp³-hybridized carbons (Fsp3) is 0.107. The van der Waals surface area contributed by atoms with Crippen LogP contribution in [0.3, 0.4) is 0 Å². The molecule has 7 N–H and O–H groups in total. The summed E-state index contributed by atoms with van der Waals surface area (Å²) in [4.78, 5) is 32.6. The Kier molecular flexibility index (Phi) is 11.5. The number of nitrogen functional groups attached to an aromatic ring is 2. The van der Waals surface area contributed by atoms with Crippen LogP contribution < -0.4 is 31.6 Å². The molecule has 0 aliphatic rings. The molecular formula is C28H29FN4O7. The molecule has 4 rings (SSSR count). The normalized spacial score (nSPS) is 9.60. The van der Waals surface area contributed by atoms with Crippen LogP contribution >= 0.6 is 0 Å². The van der Waals surface area contributed by atoms with E-state index in [9.17, 15) is 18.8 Å². The van der Waals surface area contributed by atoms with Crippen molar-refractivity contribution in [3.63, 3.8) is 0 Å². The molecule has 40 heavy (non-hydrogen) atoms. The van der Waals surface area contributed by atoms with E-state index in [2.05, 4.69) is 15.1 Å². The molecule has 2 amide bonds. The average Bonchev–Trinajstić information content (AvgIpc) is 3.47. The van der Waals surface area contributed by atoms with Gasteiger partial charge in [0.2, 0.25) is 11.7 Å². The molecule has 210 valence electrons. The van der Waals surface area contributed by atoms with Gasteiger partial charge in [0.15, 0.2) is 0 Å². The van der Waals surface area contributed by atoms with Gasteiger partial charge in [0.1, 0.15) is 17.3 Å². The second-order valence-corrected chi connectivity index (χ2v) is 7.81. The molecule has 0 bridgehead atoms. The number of nitrogens with two attached hydrogens (primary N) is 2. The van der Waals surface area contributed by atoms with E-state index in [0.29, 0.717) is 34.2 Å². The van der Waals surface area contributed by atoms with Crippen molar-refractivity contribution in [2.45, 2.75) is 6.92 Å². The molecule has 0 unspecified atom stereocenters. The highest BCUT2D eigenvalue weighted by molar-refractivity contribution is 6.04. The summed E-state index contributed by atoms with van der Waals surface area (Å²) in [5, 5.41) is 13.4. The lowest BCUT2D eigenvalue weighted by Crippen LogP contribution is -2.13. The van der Waals surface area contributed by atoms with E-state index in [1.807, 2.05) is 0 Å². The van der Waals surface area contributed by atoms with Gasteiger partial charge >= 0.3 is 5.97 Å². The van der Waals surface area contributed by atoms with Crippen LogP contribution in [0.2, 0.25) is 0 Å². The Balaban J connectivity index is 0.000000230. The number of anilines is 4. The maximum Gasteiger partial charge on any atom is 0.371 e. The van der Waals surface area contributed by atoms with Crippen molar-refractivity contribution < 1.29 is 37.8 Å². The second-order valence-electron chi connectivity index (χ2n) is 7.81. The van der Waals surface area contributed by atoms with Crippen LogP contribution in [0.4, 0.5) is 27.1 Å². The van der Waals surface area contributed by atoms with Gasteiger partial charge in [-0.15, -0.1) is 0 Å². The highest BCUT2D eigenvalue weighted by atomic mass is 19.1. The van der Waals surface area contributed by atoms with E-state index in [0.717, 1.165) is 0 Å². The van der Waals surface area contributed by atoms with E-state index in [1.165, 1.54) is 57.7 Å². The first-order chi connectivity index (χ1) is 19.0. The summed E-state index contributed by atoms with van der Waals surface area (Å²) in [5.74, 6) is -1.25. The largest absolute Gasteiger partial charge is 0.495 e. The number of carbonyl (C=O) groups excluding carboxylic acids is 2. The topological polar surface area (TPSA) is 179 Å². The third-order valence-electron chi connectivity index (χ3n) is 4.90. The third kappa shape index (κ3) is 9.41. The summed E-state index contributed by atoms with van der Waals surface area (Å²) in [5.41, 5.74) is 13.4. The highest BCUT2D eigenvalue weighted by Gasteiger charge is 2.11. The number of furan rings is 1. The van der Waals surface area contributed by atoms with Crippen molar-refractivity contribution in [2.24, 2.45) is 0 Å². The standard InChI is InChI=1S/C14H13FN2O2.C9H12N2O2.C5H4O3/c1-19-13-8-9(6-7-12(13)16)17-14(18)10-4-2-3-5-11(10)15;1-6(12)11-7-3-4-8(10)9(5-7)13-2;6-5(7)4-2-1-3-8-4/h2-8H,16H2,1H3,(H,17,18);3-5H,10H2,1-2H3,(H,11,12);1-3H,(H,6,7). The molecule has 0 spiro atoms. The number of benzene rings is 3. The molecule has 3 aromatic carbocycles. The molecule has 0 saturated carbocycles. The first-order valence-corrected chi connectivity index (χ1v) is 11.5. The molecular weight excluding hydrogens is 523 g/mol. The Morgan fingerprint density at radius 2 is 1.38 bits per heavy atom. The number of carboxylic acids is 1. The third-order valence-corrected chi connectivity index (χ3v) is 4.90. The number of hydrogen-bond acceptors (Lipinski definition) is 8. The lowest BCUT2D eigenvalue weighted by molar-refractivity contribution is -0.114. The molecule has 0 fully saturated rings. The molecule has 0 aliphatic carbocycles. The number of aromatic carboxylic acids is 1. The summed E-state index contributed by atoms with van der Waals surface area (Å²) in [7, 11) is 3.01. The fourth-order valence-electron chi connectivity index (χ4n) is 3.03. The van der Waals surface area contributed by atoms with Gasteiger partial charge in [-0.2, -0.15) is 0 Å². The Morgan fingerprint density at radius 1 is 0.825 bits per heavy atom. The molecule has 4 aromatic rings. The molecule has 1 heterocycles. The van der Waals surface area contributed by atoms with Crippen molar-refractivity contribution in [1.82, 2.24) is 0 Å². The minimum atomic E-state index is -1.03. The summed E-state index contributed by atoms with van der Waals surface area (Å²) < 4.78 is 28.0. The van der Waals surface area contributed by atoms with Crippen LogP contribution in [-0.2, 0) is 4.79 Å². The van der Waals surface area contributed by atoms with E-state index >= 15 is 0 Å². The molecule has 12 heteroatoms. The van der Waals surface area contributed by atoms with Gasteiger partial charge < -0.3 is 41.1 Å². The zero-order chi connectivity index (χ0) is 29.7. The van der Waals surface area contributed by atoms with Crippen molar-refractivity contribution in [3.8, 4) is 11.5 Å². The van der Waals surface area contributed by atoms with Crippen LogP contribution in [0.25, 0.3) is 0 Å². The summed E-state index contributed by atoms with van der Waals surface area (Å²) in [6.07, 6.45) is 1.32. The lowest BCUT2D eigenvalue weighted by Gasteiger charge is -2.09. The number of rotatable bonds is 6. The van der Waals surface area contributed by atoms with Crippen LogP contribution in [0.15, 0.2) is 83.5 Å². The summed E-state index contributed by atoms with van der Waals surface area (Å²) >= 11 is 0. The first-order valence-electron chi connectivity index (χ1n) is 11.5. The van der Waals surface area contributed by atoms with E-state index in [4.69, 9.17) is 26.0 Å². The number of nitrogens with one attached hydrogen (secondary N) is 2. The minimum Gasteiger partial charge on any atom is -0.495 e. The zero-order valence-electron chi connectivity index (χ0n) is 21.9. The molecule has 0 aliphatic heterocycles. The maximum absolute atomic E-state index is 13.4. The van der Waals surface area contributed by atoms with Gasteiger partial charge in [-0.05, 0) is 48.5 Å². The van der Waals surface area contributed by atoms with Gasteiger partial charge in [-0.1, -0.05) is 12.1 Å². The number of carboxylic acid groups (broad SMARTS) is 1. The highest BCUT2D eigenvalue weighted by Crippen LogP contribution is 2.26. The van der Waals surface area contributed by atoms with Gasteiger partial charge in [0, 0.05) is 30.4 Å². The Labute approximate surface area is 229 Å². The monoisotopic (exact) mass is 552 g/mol. The smallest absolute Gasteiger partial charge is 0.371 e. The second kappa shape index (κ2) is 15.0. The molecule has 0 radical (unpaired) electrons. The van der Waals surface area contributed by atoms with Crippen LogP contribution in [0.5, 0.6) is 11.5 Å². The van der Waals surface area contributed by atoms with Crippen molar-refractivity contribution >= 4 is 40.5 Å². The summed E-state index contributed by atoms with van der Waals surface area (Å²) in [6, 6.07) is 18.6. The molecule has 11 nitrogen and oxygen atoms in total. The van der Waals surface area contributed by atoms with Crippen LogP contribution in [-0.4, -0.2) is 37.1 Å². The molecule has 1 aromatic heterocycles. The van der Waals surface area contributed by atoms with E-state index in [1.54, 1.807) is 42.5 Å². The van der Waals surface area contributed by atoms with Crippen LogP contribution in [0, 0.1) is 5.82 Å². The first kappa shape index (κ1) is 30.7. The molecule has 0 saturated heterocycles. The predicted octanol–water partition coefficient (Wildman–Crippen LogP) is 4.88. The average molecular weight is 553 g/mol. The number of halogens is 1. The Bertz CT molecular complexity index is 1440. The van der Waals surface area contributed by atoms with Crippen LogP contribution in [0.1, 0.15) is 27.8 Å². The summed E-state index contributed by atoms with van der Waals surface area (Å²) in [6.45, 7) is 1.45. The quantitative estimate of drug-likeness (QED) is 0.208. The van der Waals surface area contributed by atoms with Crippen molar-refractivity contribution in [3.05, 3.63) is 96.2 Å². The lowest BCUT2D eigenvalue weighted by atomic mass is 10.2. The number of ether oxygens (including phenoxy) is 2. The number of amides is 2. The van der Waals surface area contributed by atoms with Gasteiger partial charge in [0.25, 0.3) is 5.91 Å². The maximum atomic E-state index is 13.4. The van der Waals surface area contributed by atoms with E-state index in [-0.39, 0.29) is 17.2 Å². The molecule has 0 atom stereocenters. The van der Waals surface area contributed by atoms with Crippen molar-refractivity contribution in [2.75, 3.05) is 36.3 Å². The van der Waals surface area contributed by atoms with Crippen molar-refractivity contribution in [1.29, 1.82) is 0 Å². The number of methoxy groups -OCH3 is 2. The SMILES string of the molecule is COc1cc(NC(=O)c2ccccc2F)ccc1N.COc1cc(NC(C)=O)ccc1N.O=C(O)c1ccco1. The van der Waals surface area contributed by atoms with E-state index < -0.39 is 17.7 Å².